The van der Waals surface area contributed by atoms with E-state index in [1.54, 1.807) is 10.9 Å². The van der Waals surface area contributed by atoms with Gasteiger partial charge in [0.05, 0.1) is 9.77 Å². The molecule has 1 aromatic heterocycles. The molecule has 0 spiro atoms. The summed E-state index contributed by atoms with van der Waals surface area (Å²) in [5, 5.41) is 7.07. The average molecular weight is 305 g/mol. The molecular weight excluding hydrogens is 293 g/mol. The summed E-state index contributed by atoms with van der Waals surface area (Å²) in [6.07, 6.45) is 5.86. The van der Waals surface area contributed by atoms with Gasteiger partial charge in [0.2, 0.25) is 5.91 Å². The van der Waals surface area contributed by atoms with E-state index in [4.69, 9.17) is 0 Å². The first kappa shape index (κ1) is 9.95. The number of halogens is 1. The summed E-state index contributed by atoms with van der Waals surface area (Å²) in [4.78, 5) is 11.6. The van der Waals surface area contributed by atoms with Gasteiger partial charge >= 0.3 is 0 Å². The molecule has 1 amide bonds. The first-order valence-electron chi connectivity index (χ1n) is 4.67. The van der Waals surface area contributed by atoms with Crippen LogP contribution in [-0.2, 0) is 4.79 Å². The van der Waals surface area contributed by atoms with Crippen molar-refractivity contribution >= 4 is 28.5 Å². The largest absolute Gasteiger partial charge is 0.352 e. The minimum absolute atomic E-state index is 0.0620. The van der Waals surface area contributed by atoms with Gasteiger partial charge in [-0.15, -0.1) is 0 Å². The lowest BCUT2D eigenvalue weighted by atomic mass is 10.3. The van der Waals surface area contributed by atoms with Crippen LogP contribution in [-0.4, -0.2) is 21.7 Å². The predicted octanol–water partition coefficient (Wildman–Crippen LogP) is 1.33. The minimum Gasteiger partial charge on any atom is -0.352 e. The Hall–Kier alpha value is -0.590. The van der Waals surface area contributed by atoms with Crippen molar-refractivity contribution < 1.29 is 4.79 Å². The van der Waals surface area contributed by atoms with E-state index in [0.29, 0.717) is 6.04 Å². The molecule has 1 heterocycles. The van der Waals surface area contributed by atoms with Gasteiger partial charge in [0, 0.05) is 12.2 Å². The minimum atomic E-state index is -0.209. The predicted molar refractivity (Wildman–Crippen MR) is 60.8 cm³/mol. The first-order chi connectivity index (χ1) is 6.66. The standard InChI is InChI=1S/C9H12IN3O/c1-6(9(14)12-8-2-3-8)13-5-7(10)4-11-13/h4-6,8H,2-3H2,1H3,(H,12,14)/t6-/m1/s1. The van der Waals surface area contributed by atoms with Crippen LogP contribution in [0.2, 0.25) is 0 Å². The van der Waals surface area contributed by atoms with Gasteiger partial charge in [0.15, 0.2) is 0 Å². The molecule has 0 radical (unpaired) electrons. The number of hydrogen-bond acceptors (Lipinski definition) is 2. The van der Waals surface area contributed by atoms with E-state index < -0.39 is 0 Å². The maximum atomic E-state index is 11.6. The maximum Gasteiger partial charge on any atom is 0.244 e. The van der Waals surface area contributed by atoms with Crippen LogP contribution in [0.3, 0.4) is 0 Å². The zero-order valence-electron chi connectivity index (χ0n) is 7.90. The summed E-state index contributed by atoms with van der Waals surface area (Å²) in [7, 11) is 0. The van der Waals surface area contributed by atoms with Gasteiger partial charge in [-0.05, 0) is 42.4 Å². The molecule has 1 saturated carbocycles. The van der Waals surface area contributed by atoms with E-state index >= 15 is 0 Å². The Morgan fingerprint density at radius 2 is 2.50 bits per heavy atom. The number of rotatable bonds is 3. The molecule has 1 aromatic rings. The van der Waals surface area contributed by atoms with E-state index in [0.717, 1.165) is 16.4 Å². The number of carbonyl (C=O) groups excluding carboxylic acids is 1. The van der Waals surface area contributed by atoms with Crippen LogP contribution in [0.1, 0.15) is 25.8 Å². The van der Waals surface area contributed by atoms with Crippen LogP contribution >= 0.6 is 22.6 Å². The molecule has 0 bridgehead atoms. The van der Waals surface area contributed by atoms with Gasteiger partial charge in [-0.3, -0.25) is 9.48 Å². The second kappa shape index (κ2) is 3.88. The highest BCUT2D eigenvalue weighted by atomic mass is 127. The summed E-state index contributed by atoms with van der Waals surface area (Å²) >= 11 is 2.18. The number of amides is 1. The van der Waals surface area contributed by atoms with Crippen molar-refractivity contribution in [3.05, 3.63) is 16.0 Å². The van der Waals surface area contributed by atoms with Gasteiger partial charge in [0.1, 0.15) is 6.04 Å². The highest BCUT2D eigenvalue weighted by Crippen LogP contribution is 2.20. The van der Waals surface area contributed by atoms with E-state index in [1.165, 1.54) is 0 Å². The lowest BCUT2D eigenvalue weighted by molar-refractivity contribution is -0.124. The van der Waals surface area contributed by atoms with Gasteiger partial charge in [-0.25, -0.2) is 0 Å². The van der Waals surface area contributed by atoms with Crippen molar-refractivity contribution in [1.82, 2.24) is 15.1 Å². The molecule has 1 aliphatic carbocycles. The molecular formula is C9H12IN3O. The fourth-order valence-corrected chi connectivity index (χ4v) is 1.61. The molecule has 1 fully saturated rings. The SMILES string of the molecule is C[C@H](C(=O)NC1CC1)n1cc(I)cn1. The van der Waals surface area contributed by atoms with Gasteiger partial charge in [-0.1, -0.05) is 0 Å². The van der Waals surface area contributed by atoms with Gasteiger partial charge in [0.25, 0.3) is 0 Å². The second-order valence-corrected chi connectivity index (χ2v) is 4.84. The summed E-state index contributed by atoms with van der Waals surface area (Å²) in [6, 6.07) is 0.207. The van der Waals surface area contributed by atoms with E-state index in [1.807, 2.05) is 13.1 Å². The molecule has 2 rings (SSSR count). The Morgan fingerprint density at radius 3 is 3.00 bits per heavy atom. The normalized spacial score (nSPS) is 17.9. The zero-order valence-corrected chi connectivity index (χ0v) is 10.1. The molecule has 14 heavy (non-hydrogen) atoms. The molecule has 5 heteroatoms. The summed E-state index contributed by atoms with van der Waals surface area (Å²) < 4.78 is 2.74. The van der Waals surface area contributed by atoms with E-state index in [9.17, 15) is 4.79 Å². The molecule has 1 aliphatic rings. The zero-order chi connectivity index (χ0) is 10.1. The molecule has 4 nitrogen and oxygen atoms in total. The highest BCUT2D eigenvalue weighted by molar-refractivity contribution is 14.1. The van der Waals surface area contributed by atoms with Crippen LogP contribution < -0.4 is 5.32 Å². The average Bonchev–Trinajstić information content (AvgIpc) is 2.85. The van der Waals surface area contributed by atoms with Crippen LogP contribution in [0.25, 0.3) is 0 Å². The Labute approximate surface area is 96.2 Å². The highest BCUT2D eigenvalue weighted by Gasteiger charge is 2.26. The molecule has 1 N–H and O–H groups in total. The number of nitrogens with zero attached hydrogens (tertiary/aromatic N) is 2. The molecule has 0 saturated heterocycles. The Kier molecular flexibility index (Phi) is 2.76. The van der Waals surface area contributed by atoms with Gasteiger partial charge < -0.3 is 5.32 Å². The van der Waals surface area contributed by atoms with Crippen molar-refractivity contribution in [2.24, 2.45) is 0 Å². The quantitative estimate of drug-likeness (QED) is 0.856. The number of carbonyl (C=O) groups is 1. The topological polar surface area (TPSA) is 46.9 Å². The fraction of sp³-hybridized carbons (Fsp3) is 0.556. The third-order valence-electron chi connectivity index (χ3n) is 2.27. The fourth-order valence-electron chi connectivity index (χ4n) is 1.20. The number of nitrogens with one attached hydrogen (secondary N) is 1. The summed E-state index contributed by atoms with van der Waals surface area (Å²) in [5.41, 5.74) is 0. The van der Waals surface area contributed by atoms with Crippen LogP contribution in [0, 0.1) is 3.57 Å². The third-order valence-corrected chi connectivity index (χ3v) is 2.83. The smallest absolute Gasteiger partial charge is 0.244 e. The van der Waals surface area contributed by atoms with Crippen LogP contribution in [0.15, 0.2) is 12.4 Å². The summed E-state index contributed by atoms with van der Waals surface area (Å²) in [5.74, 6) is 0.0620. The van der Waals surface area contributed by atoms with Gasteiger partial charge in [-0.2, -0.15) is 5.10 Å². The second-order valence-electron chi connectivity index (χ2n) is 3.60. The molecule has 76 valence electrons. The Balaban J connectivity index is 1.99. The molecule has 0 aromatic carbocycles. The van der Waals surface area contributed by atoms with Crippen molar-refractivity contribution in [3.8, 4) is 0 Å². The number of aromatic nitrogens is 2. The third kappa shape index (κ3) is 2.26. The first-order valence-corrected chi connectivity index (χ1v) is 5.74. The Morgan fingerprint density at radius 1 is 1.79 bits per heavy atom. The van der Waals surface area contributed by atoms with Crippen molar-refractivity contribution in [2.75, 3.05) is 0 Å². The molecule has 0 aliphatic heterocycles. The lowest BCUT2D eigenvalue weighted by Crippen LogP contribution is -2.32. The van der Waals surface area contributed by atoms with E-state index in [-0.39, 0.29) is 11.9 Å². The Bertz CT molecular complexity index is 346. The van der Waals surface area contributed by atoms with Crippen molar-refractivity contribution in [3.63, 3.8) is 0 Å². The van der Waals surface area contributed by atoms with Crippen LogP contribution in [0.5, 0.6) is 0 Å². The van der Waals surface area contributed by atoms with E-state index in [2.05, 4.69) is 33.0 Å². The lowest BCUT2D eigenvalue weighted by Gasteiger charge is -2.11. The number of hydrogen-bond donors (Lipinski definition) is 1. The van der Waals surface area contributed by atoms with Crippen LogP contribution in [0.4, 0.5) is 0 Å². The molecule has 1 atom stereocenters. The monoisotopic (exact) mass is 305 g/mol. The maximum absolute atomic E-state index is 11.6. The summed E-state index contributed by atoms with van der Waals surface area (Å²) in [6.45, 7) is 1.86. The van der Waals surface area contributed by atoms with Crippen molar-refractivity contribution in [1.29, 1.82) is 0 Å². The van der Waals surface area contributed by atoms with Crippen molar-refractivity contribution in [2.45, 2.75) is 31.8 Å². The molecule has 0 unspecified atom stereocenters.